The lowest BCUT2D eigenvalue weighted by Crippen LogP contribution is -2.52. The van der Waals surface area contributed by atoms with Gasteiger partial charge in [-0.2, -0.15) is 0 Å². The number of piperazine rings is 1. The Hall–Kier alpha value is -2.41. The van der Waals surface area contributed by atoms with Crippen LogP contribution >= 0.6 is 0 Å². The van der Waals surface area contributed by atoms with Gasteiger partial charge >= 0.3 is 0 Å². The minimum Gasteiger partial charge on any atom is -0.497 e. The van der Waals surface area contributed by atoms with Crippen LogP contribution in [0.25, 0.3) is 0 Å². The van der Waals surface area contributed by atoms with E-state index in [0.717, 1.165) is 31.4 Å². The molecule has 3 fully saturated rings. The molecular formula is C21H27N3O4. The Morgan fingerprint density at radius 1 is 1.04 bits per heavy atom. The lowest BCUT2D eigenvalue weighted by atomic mass is 9.85. The second-order valence-corrected chi connectivity index (χ2v) is 8.07. The molecule has 1 aromatic rings. The number of rotatable bonds is 4. The van der Waals surface area contributed by atoms with Crippen LogP contribution in [0.4, 0.5) is 0 Å². The second-order valence-electron chi connectivity index (χ2n) is 8.07. The Kier molecular flexibility index (Phi) is 5.10. The average molecular weight is 385 g/mol. The van der Waals surface area contributed by atoms with Crippen LogP contribution < -0.4 is 4.74 Å². The Morgan fingerprint density at radius 3 is 2.29 bits per heavy atom. The molecule has 0 bridgehead atoms. The predicted molar refractivity (Wildman–Crippen MR) is 103 cm³/mol. The molecule has 2 aliphatic heterocycles. The Labute approximate surface area is 165 Å². The SMILES string of the molecule is COc1ccc(C(=O)N2CCN(CN3C(=O)CC4(CCCC4)C3=O)CC2)cc1. The zero-order chi connectivity index (χ0) is 19.7. The molecule has 1 aliphatic carbocycles. The summed E-state index contributed by atoms with van der Waals surface area (Å²) < 4.78 is 5.13. The summed E-state index contributed by atoms with van der Waals surface area (Å²) in [5.74, 6) is 0.706. The van der Waals surface area contributed by atoms with Gasteiger partial charge in [0.1, 0.15) is 5.75 Å². The van der Waals surface area contributed by atoms with Gasteiger partial charge in [-0.3, -0.25) is 24.2 Å². The van der Waals surface area contributed by atoms with E-state index in [9.17, 15) is 14.4 Å². The molecule has 28 heavy (non-hydrogen) atoms. The first kappa shape index (κ1) is 18.9. The van der Waals surface area contributed by atoms with Crippen molar-refractivity contribution in [3.05, 3.63) is 29.8 Å². The molecule has 7 heteroatoms. The minimum atomic E-state index is -0.413. The van der Waals surface area contributed by atoms with Crippen molar-refractivity contribution in [2.75, 3.05) is 40.0 Å². The van der Waals surface area contributed by atoms with Crippen LogP contribution in [0.5, 0.6) is 5.75 Å². The van der Waals surface area contributed by atoms with Gasteiger partial charge in [0, 0.05) is 38.2 Å². The van der Waals surface area contributed by atoms with Crippen molar-refractivity contribution >= 4 is 17.7 Å². The second kappa shape index (κ2) is 7.54. The number of benzene rings is 1. The zero-order valence-electron chi connectivity index (χ0n) is 16.4. The average Bonchev–Trinajstić information content (AvgIpc) is 3.29. The molecule has 7 nitrogen and oxygen atoms in total. The first-order valence-electron chi connectivity index (χ1n) is 10.0. The van der Waals surface area contributed by atoms with E-state index < -0.39 is 5.41 Å². The van der Waals surface area contributed by atoms with E-state index in [4.69, 9.17) is 4.74 Å². The number of carbonyl (C=O) groups excluding carboxylic acids is 3. The summed E-state index contributed by atoms with van der Waals surface area (Å²) in [6, 6.07) is 7.12. The topological polar surface area (TPSA) is 70.2 Å². The number of hydrogen-bond donors (Lipinski definition) is 0. The molecule has 0 N–H and O–H groups in total. The van der Waals surface area contributed by atoms with Crippen molar-refractivity contribution in [3.63, 3.8) is 0 Å². The first-order chi connectivity index (χ1) is 13.5. The Bertz CT molecular complexity index is 762. The number of nitrogens with zero attached hydrogens (tertiary/aromatic N) is 3. The van der Waals surface area contributed by atoms with Gasteiger partial charge in [0.05, 0.1) is 19.2 Å². The molecule has 1 saturated carbocycles. The summed E-state index contributed by atoms with van der Waals surface area (Å²) in [5, 5.41) is 0. The molecule has 2 heterocycles. The van der Waals surface area contributed by atoms with Crippen molar-refractivity contribution in [2.24, 2.45) is 5.41 Å². The number of likely N-dealkylation sites (tertiary alicyclic amines) is 1. The van der Waals surface area contributed by atoms with E-state index >= 15 is 0 Å². The molecule has 4 rings (SSSR count). The number of ether oxygens (including phenoxy) is 1. The molecule has 1 aromatic carbocycles. The number of imide groups is 1. The van der Waals surface area contributed by atoms with Crippen molar-refractivity contribution in [1.29, 1.82) is 0 Å². The molecule has 2 saturated heterocycles. The summed E-state index contributed by atoms with van der Waals surface area (Å²) >= 11 is 0. The largest absolute Gasteiger partial charge is 0.497 e. The van der Waals surface area contributed by atoms with Gasteiger partial charge in [-0.25, -0.2) is 0 Å². The van der Waals surface area contributed by atoms with Crippen LogP contribution in [-0.4, -0.2) is 72.4 Å². The Balaban J connectivity index is 1.32. The summed E-state index contributed by atoms with van der Waals surface area (Å²) in [6.07, 6.45) is 4.15. The predicted octanol–water partition coefficient (Wildman–Crippen LogP) is 1.73. The molecule has 0 aromatic heterocycles. The monoisotopic (exact) mass is 385 g/mol. The van der Waals surface area contributed by atoms with Crippen LogP contribution in [0.2, 0.25) is 0 Å². The van der Waals surface area contributed by atoms with E-state index in [1.807, 2.05) is 4.90 Å². The van der Waals surface area contributed by atoms with E-state index in [1.165, 1.54) is 4.90 Å². The number of hydrogen-bond acceptors (Lipinski definition) is 5. The smallest absolute Gasteiger partial charge is 0.253 e. The molecule has 3 amide bonds. The fourth-order valence-corrected chi connectivity index (χ4v) is 4.65. The summed E-state index contributed by atoms with van der Waals surface area (Å²) in [6.45, 7) is 2.85. The van der Waals surface area contributed by atoms with E-state index in [2.05, 4.69) is 4.90 Å². The number of methoxy groups -OCH3 is 1. The molecular weight excluding hydrogens is 358 g/mol. The molecule has 0 atom stereocenters. The Morgan fingerprint density at radius 2 is 1.68 bits per heavy atom. The minimum absolute atomic E-state index is 0.000497. The van der Waals surface area contributed by atoms with E-state index in [-0.39, 0.29) is 17.7 Å². The lowest BCUT2D eigenvalue weighted by molar-refractivity contribution is -0.144. The fraction of sp³-hybridized carbons (Fsp3) is 0.571. The molecule has 1 spiro atoms. The summed E-state index contributed by atoms with van der Waals surface area (Å²) in [5.41, 5.74) is 0.228. The third-order valence-electron chi connectivity index (χ3n) is 6.39. The maximum atomic E-state index is 12.8. The maximum Gasteiger partial charge on any atom is 0.253 e. The van der Waals surface area contributed by atoms with Crippen LogP contribution in [0.15, 0.2) is 24.3 Å². The first-order valence-corrected chi connectivity index (χ1v) is 10.0. The van der Waals surface area contributed by atoms with Crippen molar-refractivity contribution in [1.82, 2.24) is 14.7 Å². The number of carbonyl (C=O) groups is 3. The standard InChI is InChI=1S/C21H27N3O4/c1-28-17-6-4-16(5-7-17)19(26)23-12-10-22(11-13-23)15-24-18(25)14-21(20(24)27)8-2-3-9-21/h4-7H,2-3,8-15H2,1H3. The quantitative estimate of drug-likeness (QED) is 0.739. The summed E-state index contributed by atoms with van der Waals surface area (Å²) in [4.78, 5) is 43.3. The van der Waals surface area contributed by atoms with Crippen molar-refractivity contribution < 1.29 is 19.1 Å². The third-order valence-corrected chi connectivity index (χ3v) is 6.39. The van der Waals surface area contributed by atoms with Gasteiger partial charge in [0.2, 0.25) is 11.8 Å². The lowest BCUT2D eigenvalue weighted by Gasteiger charge is -2.36. The zero-order valence-corrected chi connectivity index (χ0v) is 16.4. The normalized spacial score (nSPS) is 22.3. The number of amides is 3. The van der Waals surface area contributed by atoms with E-state index in [1.54, 1.807) is 31.4 Å². The fourth-order valence-electron chi connectivity index (χ4n) is 4.65. The van der Waals surface area contributed by atoms with Gasteiger partial charge in [-0.05, 0) is 37.1 Å². The van der Waals surface area contributed by atoms with Crippen molar-refractivity contribution in [2.45, 2.75) is 32.1 Å². The van der Waals surface area contributed by atoms with Gasteiger partial charge in [0.15, 0.2) is 0 Å². The molecule has 150 valence electrons. The van der Waals surface area contributed by atoms with Gasteiger partial charge in [-0.15, -0.1) is 0 Å². The highest BCUT2D eigenvalue weighted by atomic mass is 16.5. The van der Waals surface area contributed by atoms with Gasteiger partial charge in [0.25, 0.3) is 5.91 Å². The van der Waals surface area contributed by atoms with Crippen LogP contribution in [0, 0.1) is 5.41 Å². The van der Waals surface area contributed by atoms with Gasteiger partial charge < -0.3 is 9.64 Å². The highest BCUT2D eigenvalue weighted by Crippen LogP contribution is 2.46. The van der Waals surface area contributed by atoms with Gasteiger partial charge in [-0.1, -0.05) is 12.8 Å². The maximum absolute atomic E-state index is 12.8. The van der Waals surface area contributed by atoms with Crippen LogP contribution in [-0.2, 0) is 9.59 Å². The van der Waals surface area contributed by atoms with Crippen LogP contribution in [0.3, 0.4) is 0 Å². The third kappa shape index (κ3) is 3.39. The van der Waals surface area contributed by atoms with Crippen molar-refractivity contribution in [3.8, 4) is 5.75 Å². The molecule has 0 unspecified atom stereocenters. The highest BCUT2D eigenvalue weighted by Gasteiger charge is 2.52. The van der Waals surface area contributed by atoms with Crippen LogP contribution in [0.1, 0.15) is 42.5 Å². The molecule has 0 radical (unpaired) electrons. The molecule has 3 aliphatic rings. The highest BCUT2D eigenvalue weighted by molar-refractivity contribution is 6.06. The van der Waals surface area contributed by atoms with E-state index in [0.29, 0.717) is 44.8 Å². The summed E-state index contributed by atoms with van der Waals surface area (Å²) in [7, 11) is 1.60.